The minimum atomic E-state index is 0.747. The Morgan fingerprint density at radius 3 is 2.53 bits per heavy atom. The summed E-state index contributed by atoms with van der Waals surface area (Å²) in [5, 5.41) is 3.25. The number of aromatic nitrogens is 2. The highest BCUT2D eigenvalue weighted by molar-refractivity contribution is 5.44. The highest BCUT2D eigenvalue weighted by Crippen LogP contribution is 2.15. The lowest BCUT2D eigenvalue weighted by atomic mass is 10.3. The molecule has 0 atom stereocenters. The van der Waals surface area contributed by atoms with Gasteiger partial charge in [-0.05, 0) is 26.7 Å². The minimum Gasteiger partial charge on any atom is -0.357 e. The van der Waals surface area contributed by atoms with Gasteiger partial charge >= 0.3 is 0 Å². The number of hydrogen-bond acceptors (Lipinski definition) is 4. The Morgan fingerprint density at radius 1 is 1.18 bits per heavy atom. The first-order chi connectivity index (χ1) is 8.21. The van der Waals surface area contributed by atoms with Crippen LogP contribution in [0, 0.1) is 6.92 Å². The van der Waals surface area contributed by atoms with E-state index in [1.165, 1.54) is 0 Å². The molecule has 1 aromatic rings. The quantitative estimate of drug-likeness (QED) is 0.790. The standard InChI is InChI=1S/C13H24N4/c1-5-8-14-13-15-11(4)10-12(16-13)17(7-3)9-6-2/h10H,5-9H2,1-4H3,(H,14,15,16). The summed E-state index contributed by atoms with van der Waals surface area (Å²) in [5.41, 5.74) is 1.02. The summed E-state index contributed by atoms with van der Waals surface area (Å²) in [7, 11) is 0. The van der Waals surface area contributed by atoms with Crippen molar-refractivity contribution in [3.05, 3.63) is 11.8 Å². The predicted octanol–water partition coefficient (Wildman–Crippen LogP) is 2.84. The Bertz CT molecular complexity index is 338. The molecule has 0 aliphatic carbocycles. The number of aryl methyl sites for hydroxylation is 1. The first kappa shape index (κ1) is 13.7. The van der Waals surface area contributed by atoms with Crippen LogP contribution in [0.25, 0.3) is 0 Å². The smallest absolute Gasteiger partial charge is 0.224 e. The minimum absolute atomic E-state index is 0.747. The molecule has 17 heavy (non-hydrogen) atoms. The Kier molecular flexibility index (Phi) is 5.73. The Balaban J connectivity index is 2.86. The van der Waals surface area contributed by atoms with Crippen LogP contribution >= 0.6 is 0 Å². The summed E-state index contributed by atoms with van der Waals surface area (Å²) in [6, 6.07) is 2.05. The molecule has 0 spiro atoms. The largest absolute Gasteiger partial charge is 0.357 e. The lowest BCUT2D eigenvalue weighted by molar-refractivity contribution is 0.774. The van der Waals surface area contributed by atoms with Crippen LogP contribution < -0.4 is 10.2 Å². The van der Waals surface area contributed by atoms with Crippen LogP contribution in [0.1, 0.15) is 39.3 Å². The van der Waals surface area contributed by atoms with Crippen molar-refractivity contribution in [3.63, 3.8) is 0 Å². The molecular formula is C13H24N4. The number of nitrogens with one attached hydrogen (secondary N) is 1. The molecule has 1 rings (SSSR count). The van der Waals surface area contributed by atoms with Gasteiger partial charge in [-0.1, -0.05) is 13.8 Å². The van der Waals surface area contributed by atoms with Gasteiger partial charge in [-0.15, -0.1) is 0 Å². The SMILES string of the molecule is CCCNc1nc(C)cc(N(CC)CCC)n1. The molecule has 0 saturated carbocycles. The van der Waals surface area contributed by atoms with E-state index in [0.29, 0.717) is 0 Å². The van der Waals surface area contributed by atoms with Gasteiger partial charge in [-0.25, -0.2) is 4.98 Å². The van der Waals surface area contributed by atoms with Crippen molar-refractivity contribution in [2.45, 2.75) is 40.5 Å². The summed E-state index contributed by atoms with van der Waals surface area (Å²) in [6.45, 7) is 11.4. The predicted molar refractivity (Wildman–Crippen MR) is 73.7 cm³/mol. The van der Waals surface area contributed by atoms with Crippen molar-refractivity contribution in [2.24, 2.45) is 0 Å². The molecule has 0 aliphatic rings. The number of nitrogens with zero attached hydrogens (tertiary/aromatic N) is 3. The molecule has 1 N–H and O–H groups in total. The first-order valence-electron chi connectivity index (χ1n) is 6.55. The number of rotatable bonds is 7. The molecule has 0 radical (unpaired) electrons. The topological polar surface area (TPSA) is 41.1 Å². The zero-order valence-corrected chi connectivity index (χ0v) is 11.5. The van der Waals surface area contributed by atoms with Gasteiger partial charge in [-0.2, -0.15) is 4.98 Å². The fraction of sp³-hybridized carbons (Fsp3) is 0.692. The van der Waals surface area contributed by atoms with Crippen LogP contribution in [0.4, 0.5) is 11.8 Å². The summed E-state index contributed by atoms with van der Waals surface area (Å²) >= 11 is 0. The van der Waals surface area contributed by atoms with Gasteiger partial charge in [0.2, 0.25) is 5.95 Å². The maximum Gasteiger partial charge on any atom is 0.224 e. The van der Waals surface area contributed by atoms with Crippen LogP contribution in [0.5, 0.6) is 0 Å². The van der Waals surface area contributed by atoms with E-state index in [1.807, 2.05) is 6.92 Å². The number of hydrogen-bond donors (Lipinski definition) is 1. The third-order valence-corrected chi connectivity index (χ3v) is 2.57. The van der Waals surface area contributed by atoms with Gasteiger partial charge in [0.25, 0.3) is 0 Å². The molecule has 4 heteroatoms. The van der Waals surface area contributed by atoms with Gasteiger partial charge in [-0.3, -0.25) is 0 Å². The Hall–Kier alpha value is -1.32. The summed E-state index contributed by atoms with van der Waals surface area (Å²) in [4.78, 5) is 11.2. The maximum atomic E-state index is 4.56. The van der Waals surface area contributed by atoms with Crippen LogP contribution in [0.2, 0.25) is 0 Å². The van der Waals surface area contributed by atoms with E-state index < -0.39 is 0 Å². The Morgan fingerprint density at radius 2 is 1.94 bits per heavy atom. The third-order valence-electron chi connectivity index (χ3n) is 2.57. The van der Waals surface area contributed by atoms with E-state index in [4.69, 9.17) is 0 Å². The molecule has 96 valence electrons. The van der Waals surface area contributed by atoms with Crippen molar-refractivity contribution < 1.29 is 0 Å². The van der Waals surface area contributed by atoms with Gasteiger partial charge in [0.05, 0.1) is 0 Å². The zero-order valence-electron chi connectivity index (χ0n) is 11.5. The molecule has 0 bridgehead atoms. The average Bonchev–Trinajstić information content (AvgIpc) is 2.32. The van der Waals surface area contributed by atoms with Crippen LogP contribution in [0.3, 0.4) is 0 Å². The first-order valence-corrected chi connectivity index (χ1v) is 6.55. The molecule has 0 fully saturated rings. The average molecular weight is 236 g/mol. The van der Waals surface area contributed by atoms with E-state index in [-0.39, 0.29) is 0 Å². The van der Waals surface area contributed by atoms with Gasteiger partial charge < -0.3 is 10.2 Å². The normalized spacial score (nSPS) is 10.4. The van der Waals surface area contributed by atoms with Crippen LogP contribution in [-0.4, -0.2) is 29.6 Å². The van der Waals surface area contributed by atoms with Crippen molar-refractivity contribution in [2.75, 3.05) is 29.9 Å². The summed E-state index contributed by atoms with van der Waals surface area (Å²) < 4.78 is 0. The van der Waals surface area contributed by atoms with Gasteiger partial charge in [0, 0.05) is 31.4 Å². The second-order valence-corrected chi connectivity index (χ2v) is 4.20. The summed E-state index contributed by atoms with van der Waals surface area (Å²) in [6.07, 6.45) is 2.22. The lowest BCUT2D eigenvalue weighted by Crippen LogP contribution is -2.25. The van der Waals surface area contributed by atoms with Gasteiger partial charge in [0.1, 0.15) is 5.82 Å². The second kappa shape index (κ2) is 7.09. The molecule has 0 aromatic carbocycles. The Labute approximate surface area is 104 Å². The fourth-order valence-electron chi connectivity index (χ4n) is 1.73. The van der Waals surface area contributed by atoms with Crippen molar-refractivity contribution in [3.8, 4) is 0 Å². The highest BCUT2D eigenvalue weighted by atomic mass is 15.2. The zero-order chi connectivity index (χ0) is 12.7. The molecule has 0 unspecified atom stereocenters. The molecule has 1 heterocycles. The van der Waals surface area contributed by atoms with Crippen molar-refractivity contribution in [1.29, 1.82) is 0 Å². The highest BCUT2D eigenvalue weighted by Gasteiger charge is 2.07. The molecule has 0 aliphatic heterocycles. The van der Waals surface area contributed by atoms with E-state index in [0.717, 1.165) is 49.9 Å². The van der Waals surface area contributed by atoms with Crippen LogP contribution in [-0.2, 0) is 0 Å². The van der Waals surface area contributed by atoms with Crippen molar-refractivity contribution >= 4 is 11.8 Å². The van der Waals surface area contributed by atoms with E-state index in [9.17, 15) is 0 Å². The molecule has 1 aromatic heterocycles. The molecule has 0 amide bonds. The summed E-state index contributed by atoms with van der Waals surface area (Å²) in [5.74, 6) is 1.77. The van der Waals surface area contributed by atoms with E-state index in [1.54, 1.807) is 0 Å². The van der Waals surface area contributed by atoms with Gasteiger partial charge in [0.15, 0.2) is 0 Å². The fourth-order valence-corrected chi connectivity index (χ4v) is 1.73. The molecule has 0 saturated heterocycles. The lowest BCUT2D eigenvalue weighted by Gasteiger charge is -2.22. The molecule has 4 nitrogen and oxygen atoms in total. The maximum absolute atomic E-state index is 4.56. The van der Waals surface area contributed by atoms with E-state index >= 15 is 0 Å². The molecular weight excluding hydrogens is 212 g/mol. The second-order valence-electron chi connectivity index (χ2n) is 4.20. The monoisotopic (exact) mass is 236 g/mol. The van der Waals surface area contributed by atoms with Crippen molar-refractivity contribution in [1.82, 2.24) is 9.97 Å². The van der Waals surface area contributed by atoms with Crippen LogP contribution in [0.15, 0.2) is 6.07 Å². The van der Waals surface area contributed by atoms with E-state index in [2.05, 4.69) is 47.0 Å². The number of anilines is 2. The third kappa shape index (κ3) is 4.21.